The van der Waals surface area contributed by atoms with Gasteiger partial charge < -0.3 is 9.88 Å². The van der Waals surface area contributed by atoms with Gasteiger partial charge in [0, 0.05) is 17.8 Å². The van der Waals surface area contributed by atoms with Crippen LogP contribution in [0.4, 0.5) is 0 Å². The number of nitrogens with one attached hydrogen (secondary N) is 1. The maximum Gasteiger partial charge on any atom is 0.251 e. The Labute approximate surface area is 139 Å². The zero-order chi connectivity index (χ0) is 16.4. The first-order valence-electron chi connectivity index (χ1n) is 7.42. The third kappa shape index (κ3) is 3.19. The van der Waals surface area contributed by atoms with Crippen LogP contribution in [0.25, 0.3) is 11.0 Å². The van der Waals surface area contributed by atoms with Gasteiger partial charge in [-0.3, -0.25) is 9.78 Å². The molecule has 0 bridgehead atoms. The number of fused-ring (bicyclic) bond motifs is 1. The van der Waals surface area contributed by atoms with Crippen LogP contribution in [-0.4, -0.2) is 20.4 Å². The van der Waals surface area contributed by atoms with E-state index in [4.69, 9.17) is 11.6 Å². The smallest absolute Gasteiger partial charge is 0.251 e. The number of halogens is 1. The standard InChI is InChI=1S/C17H17ClN4O/c1-11(2)22-15-7-6-12(9-14(15)21-17(22)18)16(23)20-10-13-5-3-4-8-19-13/h3-9,11H,10H2,1-2H3,(H,20,23). The highest BCUT2D eigenvalue weighted by atomic mass is 35.5. The van der Waals surface area contributed by atoms with Crippen LogP contribution < -0.4 is 5.32 Å². The zero-order valence-electron chi connectivity index (χ0n) is 13.0. The van der Waals surface area contributed by atoms with E-state index in [2.05, 4.69) is 15.3 Å². The lowest BCUT2D eigenvalue weighted by atomic mass is 10.2. The number of amides is 1. The van der Waals surface area contributed by atoms with E-state index in [1.54, 1.807) is 18.3 Å². The van der Waals surface area contributed by atoms with Gasteiger partial charge in [0.15, 0.2) is 0 Å². The summed E-state index contributed by atoms with van der Waals surface area (Å²) < 4.78 is 1.94. The minimum Gasteiger partial charge on any atom is -0.346 e. The number of aromatic nitrogens is 3. The first-order valence-corrected chi connectivity index (χ1v) is 7.79. The molecular weight excluding hydrogens is 312 g/mol. The van der Waals surface area contributed by atoms with Crippen molar-refractivity contribution in [3.05, 3.63) is 59.1 Å². The fourth-order valence-corrected chi connectivity index (χ4v) is 2.85. The van der Waals surface area contributed by atoms with Gasteiger partial charge in [0.1, 0.15) is 0 Å². The number of hydrogen-bond donors (Lipinski definition) is 1. The number of pyridine rings is 1. The quantitative estimate of drug-likeness (QED) is 0.796. The zero-order valence-corrected chi connectivity index (χ0v) is 13.7. The highest BCUT2D eigenvalue weighted by Gasteiger charge is 2.14. The van der Waals surface area contributed by atoms with Crippen LogP contribution in [0.1, 0.15) is 35.9 Å². The van der Waals surface area contributed by atoms with Gasteiger partial charge in [-0.1, -0.05) is 6.07 Å². The molecule has 0 atom stereocenters. The van der Waals surface area contributed by atoms with E-state index in [0.29, 0.717) is 22.9 Å². The lowest BCUT2D eigenvalue weighted by Crippen LogP contribution is -2.23. The van der Waals surface area contributed by atoms with Gasteiger partial charge in [0.25, 0.3) is 5.91 Å². The summed E-state index contributed by atoms with van der Waals surface area (Å²) >= 11 is 6.18. The Morgan fingerprint density at radius 3 is 2.83 bits per heavy atom. The van der Waals surface area contributed by atoms with E-state index in [1.165, 1.54) is 0 Å². The molecule has 0 saturated carbocycles. The number of carbonyl (C=O) groups is 1. The molecule has 0 saturated heterocycles. The van der Waals surface area contributed by atoms with Crippen LogP contribution in [0.5, 0.6) is 0 Å². The molecule has 1 N–H and O–H groups in total. The molecule has 0 fully saturated rings. The fourth-order valence-electron chi connectivity index (χ4n) is 2.48. The molecule has 0 spiro atoms. The average Bonchev–Trinajstić information content (AvgIpc) is 2.88. The molecule has 0 aliphatic rings. The maximum atomic E-state index is 12.3. The summed E-state index contributed by atoms with van der Waals surface area (Å²) in [5, 5.41) is 3.29. The molecule has 0 aliphatic heterocycles. The van der Waals surface area contributed by atoms with Crippen molar-refractivity contribution in [3.63, 3.8) is 0 Å². The van der Waals surface area contributed by atoms with Crippen molar-refractivity contribution in [2.75, 3.05) is 0 Å². The molecule has 5 nitrogen and oxygen atoms in total. The SMILES string of the molecule is CC(C)n1c(Cl)nc2cc(C(=O)NCc3ccccn3)ccc21. The van der Waals surface area contributed by atoms with Crippen molar-refractivity contribution in [2.45, 2.75) is 26.4 Å². The third-order valence-corrected chi connectivity index (χ3v) is 3.85. The van der Waals surface area contributed by atoms with E-state index >= 15 is 0 Å². The fraction of sp³-hybridized carbons (Fsp3) is 0.235. The second kappa shape index (κ2) is 6.38. The average molecular weight is 329 g/mol. The van der Waals surface area contributed by atoms with Gasteiger partial charge in [-0.2, -0.15) is 0 Å². The molecule has 6 heteroatoms. The van der Waals surface area contributed by atoms with Gasteiger partial charge in [-0.05, 0) is 55.8 Å². The summed E-state index contributed by atoms with van der Waals surface area (Å²) in [5.41, 5.74) is 3.01. The van der Waals surface area contributed by atoms with Crippen molar-refractivity contribution in [3.8, 4) is 0 Å². The number of benzene rings is 1. The Hall–Kier alpha value is -2.40. The van der Waals surface area contributed by atoms with E-state index in [-0.39, 0.29) is 11.9 Å². The summed E-state index contributed by atoms with van der Waals surface area (Å²) in [7, 11) is 0. The van der Waals surface area contributed by atoms with Crippen molar-refractivity contribution < 1.29 is 4.79 Å². The molecule has 1 amide bonds. The monoisotopic (exact) mass is 328 g/mol. The number of nitrogens with zero attached hydrogens (tertiary/aromatic N) is 3. The van der Waals surface area contributed by atoms with Crippen molar-refractivity contribution >= 4 is 28.5 Å². The Morgan fingerprint density at radius 1 is 1.30 bits per heavy atom. The van der Waals surface area contributed by atoms with E-state index in [9.17, 15) is 4.79 Å². The molecule has 0 unspecified atom stereocenters. The molecule has 118 valence electrons. The predicted molar refractivity (Wildman–Crippen MR) is 90.5 cm³/mol. The number of rotatable bonds is 4. The highest BCUT2D eigenvalue weighted by Crippen LogP contribution is 2.25. The van der Waals surface area contributed by atoms with E-state index in [1.807, 2.05) is 42.7 Å². The van der Waals surface area contributed by atoms with Gasteiger partial charge in [0.05, 0.1) is 23.3 Å². The predicted octanol–water partition coefficient (Wildman–Crippen LogP) is 3.60. The van der Waals surface area contributed by atoms with Crippen molar-refractivity contribution in [1.82, 2.24) is 19.9 Å². The minimum atomic E-state index is -0.159. The summed E-state index contributed by atoms with van der Waals surface area (Å²) in [5.74, 6) is -0.159. The molecule has 1 aromatic carbocycles. The molecular formula is C17H17ClN4O. The molecule has 3 rings (SSSR count). The molecule has 0 radical (unpaired) electrons. The minimum absolute atomic E-state index is 0.159. The van der Waals surface area contributed by atoms with Crippen LogP contribution in [0.2, 0.25) is 5.28 Å². The second-order valence-corrected chi connectivity index (χ2v) is 5.89. The Bertz CT molecular complexity index is 842. The topological polar surface area (TPSA) is 59.8 Å². The van der Waals surface area contributed by atoms with Gasteiger partial charge in [-0.25, -0.2) is 4.98 Å². The number of imidazole rings is 1. The number of carbonyl (C=O) groups excluding carboxylic acids is 1. The summed E-state index contributed by atoms with van der Waals surface area (Å²) in [4.78, 5) is 20.8. The van der Waals surface area contributed by atoms with Crippen LogP contribution >= 0.6 is 11.6 Å². The lowest BCUT2D eigenvalue weighted by molar-refractivity contribution is 0.0950. The molecule has 2 aromatic heterocycles. The van der Waals surface area contributed by atoms with Crippen molar-refractivity contribution in [1.29, 1.82) is 0 Å². The lowest BCUT2D eigenvalue weighted by Gasteiger charge is -2.09. The van der Waals surface area contributed by atoms with Crippen molar-refractivity contribution in [2.24, 2.45) is 0 Å². The molecule has 2 heterocycles. The second-order valence-electron chi connectivity index (χ2n) is 5.55. The van der Waals surface area contributed by atoms with Crippen LogP contribution in [0.15, 0.2) is 42.6 Å². The van der Waals surface area contributed by atoms with Crippen LogP contribution in [-0.2, 0) is 6.54 Å². The van der Waals surface area contributed by atoms with Gasteiger partial charge in [0.2, 0.25) is 5.28 Å². The summed E-state index contributed by atoms with van der Waals surface area (Å²) in [6, 6.07) is 11.2. The summed E-state index contributed by atoms with van der Waals surface area (Å²) in [6.07, 6.45) is 1.70. The van der Waals surface area contributed by atoms with E-state index in [0.717, 1.165) is 11.2 Å². The number of hydrogen-bond acceptors (Lipinski definition) is 3. The first-order chi connectivity index (χ1) is 11.1. The Kier molecular flexibility index (Phi) is 4.30. The van der Waals surface area contributed by atoms with Crippen LogP contribution in [0, 0.1) is 0 Å². The van der Waals surface area contributed by atoms with Gasteiger partial charge in [-0.15, -0.1) is 0 Å². The van der Waals surface area contributed by atoms with E-state index < -0.39 is 0 Å². The first kappa shape index (κ1) is 15.5. The molecule has 3 aromatic rings. The largest absolute Gasteiger partial charge is 0.346 e. The highest BCUT2D eigenvalue weighted by molar-refractivity contribution is 6.29. The Morgan fingerprint density at radius 2 is 2.13 bits per heavy atom. The van der Waals surface area contributed by atoms with Gasteiger partial charge >= 0.3 is 0 Å². The Balaban J connectivity index is 1.81. The molecule has 23 heavy (non-hydrogen) atoms. The normalized spacial score (nSPS) is 11.1. The summed E-state index contributed by atoms with van der Waals surface area (Å²) in [6.45, 7) is 4.47. The third-order valence-electron chi connectivity index (χ3n) is 3.58. The molecule has 0 aliphatic carbocycles. The maximum absolute atomic E-state index is 12.3. The van der Waals surface area contributed by atoms with Crippen LogP contribution in [0.3, 0.4) is 0 Å².